The fourth-order valence-corrected chi connectivity index (χ4v) is 2.07. The quantitative estimate of drug-likeness (QED) is 0.723. The lowest BCUT2D eigenvalue weighted by Crippen LogP contribution is -2.38. The van der Waals surface area contributed by atoms with Crippen LogP contribution in [0.4, 0.5) is 9.93 Å². The predicted octanol–water partition coefficient (Wildman–Crippen LogP) is 0.281. The highest BCUT2D eigenvalue weighted by Gasteiger charge is 2.27. The lowest BCUT2D eigenvalue weighted by molar-refractivity contribution is -0.117. The van der Waals surface area contributed by atoms with Crippen LogP contribution in [0.25, 0.3) is 0 Å². The minimum absolute atomic E-state index is 0.283. The van der Waals surface area contributed by atoms with Gasteiger partial charge in [-0.15, -0.1) is 10.2 Å². The monoisotopic (exact) mass is 255 g/mol. The van der Waals surface area contributed by atoms with Crippen molar-refractivity contribution in [3.8, 4) is 0 Å². The summed E-state index contributed by atoms with van der Waals surface area (Å²) in [5.41, 5.74) is 0. The number of anilines is 1. The topological polar surface area (TPSA) is 96.0 Å². The van der Waals surface area contributed by atoms with Crippen molar-refractivity contribution in [2.75, 3.05) is 11.9 Å². The lowest BCUT2D eigenvalue weighted by atomic mass is 10.2. The summed E-state index contributed by atoms with van der Waals surface area (Å²) in [6.45, 7) is 4.31. The van der Waals surface area contributed by atoms with Gasteiger partial charge in [0.15, 0.2) is 0 Å². The van der Waals surface area contributed by atoms with E-state index in [0.29, 0.717) is 11.7 Å². The SMILES string of the molecule is CC(C)c1nnc(NC(=O)[C@H]2CNC(=O)N2)s1. The Hall–Kier alpha value is -1.70. The number of carbonyl (C=O) groups excluding carboxylic acids is 2. The summed E-state index contributed by atoms with van der Waals surface area (Å²) in [6, 6.07) is -0.876. The fraction of sp³-hybridized carbons (Fsp3) is 0.556. The molecule has 1 atom stereocenters. The van der Waals surface area contributed by atoms with Crippen molar-refractivity contribution in [1.29, 1.82) is 0 Å². The molecule has 1 aromatic heterocycles. The molecule has 2 heterocycles. The molecule has 0 radical (unpaired) electrons. The van der Waals surface area contributed by atoms with Crippen LogP contribution in [-0.2, 0) is 4.79 Å². The van der Waals surface area contributed by atoms with E-state index in [0.717, 1.165) is 5.01 Å². The normalized spacial score (nSPS) is 19.0. The van der Waals surface area contributed by atoms with Crippen LogP contribution in [0.15, 0.2) is 0 Å². The number of nitrogens with zero attached hydrogens (tertiary/aromatic N) is 2. The number of hydrogen-bond acceptors (Lipinski definition) is 5. The molecule has 1 aliphatic rings. The Morgan fingerprint density at radius 2 is 2.29 bits per heavy atom. The summed E-state index contributed by atoms with van der Waals surface area (Å²) in [5.74, 6) is 0.000748. The van der Waals surface area contributed by atoms with Crippen LogP contribution in [0.1, 0.15) is 24.8 Å². The van der Waals surface area contributed by atoms with Crippen LogP contribution in [0, 0.1) is 0 Å². The predicted molar refractivity (Wildman–Crippen MR) is 63.0 cm³/mol. The summed E-state index contributed by atoms with van der Waals surface area (Å²) in [5, 5.41) is 16.8. The molecular formula is C9H13N5O2S. The number of aromatic nitrogens is 2. The maximum Gasteiger partial charge on any atom is 0.315 e. The molecule has 8 heteroatoms. The molecule has 1 aliphatic heterocycles. The maximum absolute atomic E-state index is 11.7. The molecule has 17 heavy (non-hydrogen) atoms. The lowest BCUT2D eigenvalue weighted by Gasteiger charge is -2.06. The van der Waals surface area contributed by atoms with Gasteiger partial charge in [-0.1, -0.05) is 25.2 Å². The third kappa shape index (κ3) is 2.70. The van der Waals surface area contributed by atoms with Gasteiger partial charge in [-0.2, -0.15) is 0 Å². The molecule has 0 spiro atoms. The van der Waals surface area contributed by atoms with Gasteiger partial charge in [0.1, 0.15) is 11.0 Å². The van der Waals surface area contributed by atoms with Crippen molar-refractivity contribution in [2.45, 2.75) is 25.8 Å². The largest absolute Gasteiger partial charge is 0.336 e. The number of amides is 3. The van der Waals surface area contributed by atoms with E-state index in [-0.39, 0.29) is 17.9 Å². The molecule has 1 aromatic rings. The van der Waals surface area contributed by atoms with Crippen LogP contribution in [0.5, 0.6) is 0 Å². The first-order valence-corrected chi connectivity index (χ1v) is 6.06. The van der Waals surface area contributed by atoms with Gasteiger partial charge in [0.2, 0.25) is 5.13 Å². The number of rotatable bonds is 3. The Bertz CT molecular complexity index is 444. The van der Waals surface area contributed by atoms with Gasteiger partial charge >= 0.3 is 6.03 Å². The number of urea groups is 1. The van der Waals surface area contributed by atoms with Crippen molar-refractivity contribution in [2.24, 2.45) is 0 Å². The van der Waals surface area contributed by atoms with Gasteiger partial charge in [-0.3, -0.25) is 10.1 Å². The summed E-state index contributed by atoms with van der Waals surface area (Å²) < 4.78 is 0. The van der Waals surface area contributed by atoms with Gasteiger partial charge in [0.25, 0.3) is 5.91 Å². The van der Waals surface area contributed by atoms with Crippen LogP contribution >= 0.6 is 11.3 Å². The van der Waals surface area contributed by atoms with Crippen LogP contribution < -0.4 is 16.0 Å². The van der Waals surface area contributed by atoms with Gasteiger partial charge in [-0.25, -0.2) is 4.79 Å². The molecular weight excluding hydrogens is 242 g/mol. The molecule has 1 saturated heterocycles. The molecule has 1 fully saturated rings. The zero-order valence-corrected chi connectivity index (χ0v) is 10.3. The summed E-state index contributed by atoms with van der Waals surface area (Å²) in [6.07, 6.45) is 0. The van der Waals surface area contributed by atoms with E-state index in [4.69, 9.17) is 0 Å². The molecule has 0 unspecified atom stereocenters. The zero-order valence-electron chi connectivity index (χ0n) is 9.48. The van der Waals surface area contributed by atoms with Crippen molar-refractivity contribution >= 4 is 28.4 Å². The van der Waals surface area contributed by atoms with Crippen molar-refractivity contribution in [3.63, 3.8) is 0 Å². The molecule has 3 amide bonds. The van der Waals surface area contributed by atoms with Crippen LogP contribution in [-0.4, -0.2) is 34.7 Å². The third-order valence-electron chi connectivity index (χ3n) is 2.25. The Morgan fingerprint density at radius 3 is 2.82 bits per heavy atom. The first-order valence-electron chi connectivity index (χ1n) is 5.25. The Balaban J connectivity index is 1.96. The van der Waals surface area contributed by atoms with Crippen LogP contribution in [0.2, 0.25) is 0 Å². The second-order valence-corrected chi connectivity index (χ2v) is 5.01. The summed E-state index contributed by atoms with van der Waals surface area (Å²) in [4.78, 5) is 22.6. The van der Waals surface area contributed by atoms with E-state index in [1.165, 1.54) is 11.3 Å². The molecule has 0 aliphatic carbocycles. The van der Waals surface area contributed by atoms with Crippen molar-refractivity contribution in [3.05, 3.63) is 5.01 Å². The van der Waals surface area contributed by atoms with E-state index in [1.807, 2.05) is 13.8 Å². The molecule has 92 valence electrons. The molecule has 2 rings (SSSR count). The average Bonchev–Trinajstić information content (AvgIpc) is 2.86. The number of nitrogens with one attached hydrogen (secondary N) is 3. The van der Waals surface area contributed by atoms with E-state index in [1.54, 1.807) is 0 Å². The van der Waals surface area contributed by atoms with E-state index in [9.17, 15) is 9.59 Å². The van der Waals surface area contributed by atoms with Crippen molar-refractivity contribution < 1.29 is 9.59 Å². The molecule has 0 aromatic carbocycles. The average molecular weight is 255 g/mol. The standard InChI is InChI=1S/C9H13N5O2S/c1-4(2)7-13-14-9(17-7)12-6(15)5-3-10-8(16)11-5/h4-5H,3H2,1-2H3,(H2,10,11,16)(H,12,14,15)/t5-/m1/s1. The summed E-state index contributed by atoms with van der Waals surface area (Å²) in [7, 11) is 0. The first kappa shape index (κ1) is 11.8. The van der Waals surface area contributed by atoms with Gasteiger partial charge < -0.3 is 10.6 Å². The Morgan fingerprint density at radius 1 is 1.53 bits per heavy atom. The number of hydrogen-bond donors (Lipinski definition) is 3. The smallest absolute Gasteiger partial charge is 0.315 e. The minimum atomic E-state index is -0.547. The minimum Gasteiger partial charge on any atom is -0.336 e. The second kappa shape index (κ2) is 4.66. The van der Waals surface area contributed by atoms with E-state index < -0.39 is 6.04 Å². The molecule has 0 bridgehead atoms. The van der Waals surface area contributed by atoms with E-state index >= 15 is 0 Å². The Kier molecular flexibility index (Phi) is 3.23. The molecule has 0 saturated carbocycles. The molecule has 7 nitrogen and oxygen atoms in total. The highest BCUT2D eigenvalue weighted by molar-refractivity contribution is 7.15. The first-order chi connectivity index (χ1) is 8.06. The molecule has 3 N–H and O–H groups in total. The van der Waals surface area contributed by atoms with Gasteiger partial charge in [0, 0.05) is 12.5 Å². The van der Waals surface area contributed by atoms with Crippen LogP contribution in [0.3, 0.4) is 0 Å². The number of carbonyl (C=O) groups is 2. The third-order valence-corrected chi connectivity index (χ3v) is 3.39. The van der Waals surface area contributed by atoms with Crippen molar-refractivity contribution in [1.82, 2.24) is 20.8 Å². The van der Waals surface area contributed by atoms with Gasteiger partial charge in [0.05, 0.1) is 0 Å². The second-order valence-electron chi connectivity index (χ2n) is 4.00. The maximum atomic E-state index is 11.7. The van der Waals surface area contributed by atoms with E-state index in [2.05, 4.69) is 26.1 Å². The Labute approximate surface area is 102 Å². The summed E-state index contributed by atoms with van der Waals surface area (Å²) >= 11 is 1.34. The highest BCUT2D eigenvalue weighted by atomic mass is 32.1. The highest BCUT2D eigenvalue weighted by Crippen LogP contribution is 2.22. The van der Waals surface area contributed by atoms with Gasteiger partial charge in [-0.05, 0) is 0 Å². The zero-order chi connectivity index (χ0) is 12.4. The fourth-order valence-electron chi connectivity index (χ4n) is 1.32.